The third kappa shape index (κ3) is 2.81. The first-order chi connectivity index (χ1) is 8.56. The predicted octanol–water partition coefficient (Wildman–Crippen LogP) is 3.61. The minimum Gasteiger partial charge on any atom is -0.506 e. The fraction of sp³-hybridized carbons (Fsp3) is 0.0714. The van der Waals surface area contributed by atoms with Crippen molar-refractivity contribution in [3.63, 3.8) is 0 Å². The molecule has 18 heavy (non-hydrogen) atoms. The van der Waals surface area contributed by atoms with E-state index in [1.807, 2.05) is 6.92 Å². The number of benzene rings is 2. The van der Waals surface area contributed by atoms with Gasteiger partial charge in [-0.05, 0) is 48.9 Å². The molecule has 92 valence electrons. The summed E-state index contributed by atoms with van der Waals surface area (Å²) in [6.45, 7) is 1.89. The summed E-state index contributed by atoms with van der Waals surface area (Å²) >= 11 is 5.75. The summed E-state index contributed by atoms with van der Waals surface area (Å²) in [7, 11) is 0. The van der Waals surface area contributed by atoms with E-state index in [1.54, 1.807) is 42.5 Å². The Morgan fingerprint density at radius 3 is 2.50 bits per heavy atom. The molecule has 2 N–H and O–H groups in total. The fourth-order valence-corrected chi connectivity index (χ4v) is 1.67. The molecule has 0 bridgehead atoms. The van der Waals surface area contributed by atoms with E-state index in [9.17, 15) is 9.90 Å². The van der Waals surface area contributed by atoms with E-state index in [1.165, 1.54) is 0 Å². The highest BCUT2D eigenvalue weighted by molar-refractivity contribution is 6.30. The van der Waals surface area contributed by atoms with Crippen molar-refractivity contribution in [2.45, 2.75) is 6.92 Å². The number of aromatic hydroxyl groups is 1. The van der Waals surface area contributed by atoms with Gasteiger partial charge in [0.15, 0.2) is 0 Å². The van der Waals surface area contributed by atoms with Gasteiger partial charge in [-0.2, -0.15) is 0 Å². The van der Waals surface area contributed by atoms with Gasteiger partial charge < -0.3 is 10.4 Å². The highest BCUT2D eigenvalue weighted by atomic mass is 35.5. The summed E-state index contributed by atoms with van der Waals surface area (Å²) in [6.07, 6.45) is 0. The van der Waals surface area contributed by atoms with Crippen molar-refractivity contribution in [3.05, 3.63) is 58.6 Å². The number of nitrogens with one attached hydrogen (secondary N) is 1. The summed E-state index contributed by atoms with van der Waals surface area (Å²) in [4.78, 5) is 11.9. The number of carbonyl (C=O) groups excluding carboxylic acids is 1. The second kappa shape index (κ2) is 5.10. The maximum Gasteiger partial charge on any atom is 0.255 e. The summed E-state index contributed by atoms with van der Waals surface area (Å²) in [6, 6.07) is 11.6. The van der Waals surface area contributed by atoms with Gasteiger partial charge in [-0.3, -0.25) is 4.79 Å². The van der Waals surface area contributed by atoms with Gasteiger partial charge in [0.05, 0.1) is 5.69 Å². The third-order valence-electron chi connectivity index (χ3n) is 2.51. The average molecular weight is 262 g/mol. The van der Waals surface area contributed by atoms with Crippen LogP contribution in [0.5, 0.6) is 5.75 Å². The molecule has 0 aliphatic rings. The van der Waals surface area contributed by atoms with E-state index in [-0.39, 0.29) is 11.7 Å². The van der Waals surface area contributed by atoms with Crippen LogP contribution in [0, 0.1) is 6.92 Å². The number of aryl methyl sites for hydroxylation is 1. The number of rotatable bonds is 2. The quantitative estimate of drug-likeness (QED) is 0.812. The molecule has 0 aliphatic heterocycles. The monoisotopic (exact) mass is 261 g/mol. The fourth-order valence-electron chi connectivity index (χ4n) is 1.55. The van der Waals surface area contributed by atoms with Crippen LogP contribution < -0.4 is 5.32 Å². The van der Waals surface area contributed by atoms with Gasteiger partial charge in [-0.1, -0.05) is 17.7 Å². The van der Waals surface area contributed by atoms with E-state index >= 15 is 0 Å². The Hall–Kier alpha value is -2.00. The molecule has 4 heteroatoms. The van der Waals surface area contributed by atoms with Gasteiger partial charge in [-0.15, -0.1) is 0 Å². The maximum absolute atomic E-state index is 11.9. The highest BCUT2D eigenvalue weighted by Gasteiger charge is 2.08. The van der Waals surface area contributed by atoms with E-state index in [2.05, 4.69) is 5.32 Å². The van der Waals surface area contributed by atoms with E-state index in [0.29, 0.717) is 16.3 Å². The second-order valence-corrected chi connectivity index (χ2v) is 4.42. The van der Waals surface area contributed by atoms with Crippen LogP contribution in [0.2, 0.25) is 5.02 Å². The SMILES string of the molecule is Cc1ccc(O)c(NC(=O)c2ccc(Cl)cc2)c1. The first-order valence-corrected chi connectivity index (χ1v) is 5.80. The molecule has 0 saturated carbocycles. The number of amides is 1. The molecule has 0 aromatic heterocycles. The smallest absolute Gasteiger partial charge is 0.255 e. The Labute approximate surface area is 110 Å². The van der Waals surface area contributed by atoms with E-state index in [4.69, 9.17) is 11.6 Å². The predicted molar refractivity (Wildman–Crippen MR) is 72.2 cm³/mol. The summed E-state index contributed by atoms with van der Waals surface area (Å²) in [5, 5.41) is 12.9. The lowest BCUT2D eigenvalue weighted by Gasteiger charge is -2.08. The van der Waals surface area contributed by atoms with Crippen molar-refractivity contribution >= 4 is 23.2 Å². The highest BCUT2D eigenvalue weighted by Crippen LogP contribution is 2.24. The summed E-state index contributed by atoms with van der Waals surface area (Å²) < 4.78 is 0. The van der Waals surface area contributed by atoms with Crippen molar-refractivity contribution in [2.75, 3.05) is 5.32 Å². The molecule has 0 fully saturated rings. The molecular formula is C14H12ClNO2. The molecule has 1 amide bonds. The standard InChI is InChI=1S/C14H12ClNO2/c1-9-2-7-13(17)12(8-9)16-14(18)10-3-5-11(15)6-4-10/h2-8,17H,1H3,(H,16,18). The second-order valence-electron chi connectivity index (χ2n) is 3.98. The first kappa shape index (κ1) is 12.5. The zero-order valence-corrected chi connectivity index (χ0v) is 10.5. The number of phenolic OH excluding ortho intramolecular Hbond substituents is 1. The maximum atomic E-state index is 11.9. The molecule has 0 unspecified atom stereocenters. The van der Waals surface area contributed by atoms with Crippen LogP contribution in [-0.4, -0.2) is 11.0 Å². The van der Waals surface area contributed by atoms with Gasteiger partial charge in [-0.25, -0.2) is 0 Å². The lowest BCUT2D eigenvalue weighted by molar-refractivity contribution is 0.102. The van der Waals surface area contributed by atoms with Crippen LogP contribution >= 0.6 is 11.6 Å². The molecule has 0 saturated heterocycles. The lowest BCUT2D eigenvalue weighted by Crippen LogP contribution is -2.11. The summed E-state index contributed by atoms with van der Waals surface area (Å²) in [5.74, 6) is -0.240. The first-order valence-electron chi connectivity index (χ1n) is 5.43. The Balaban J connectivity index is 2.21. The number of phenols is 1. The van der Waals surface area contributed by atoms with Gasteiger partial charge >= 0.3 is 0 Å². The molecule has 0 spiro atoms. The normalized spacial score (nSPS) is 10.1. The molecule has 0 heterocycles. The van der Waals surface area contributed by atoms with Crippen LogP contribution in [0.4, 0.5) is 5.69 Å². The van der Waals surface area contributed by atoms with Crippen LogP contribution in [-0.2, 0) is 0 Å². The summed E-state index contributed by atoms with van der Waals surface area (Å²) in [5.41, 5.74) is 1.84. The number of hydrogen-bond acceptors (Lipinski definition) is 2. The molecule has 2 aromatic rings. The van der Waals surface area contributed by atoms with Crippen LogP contribution in [0.1, 0.15) is 15.9 Å². The van der Waals surface area contributed by atoms with Crippen LogP contribution in [0.3, 0.4) is 0 Å². The Morgan fingerprint density at radius 2 is 1.83 bits per heavy atom. The zero-order chi connectivity index (χ0) is 13.1. The number of carbonyl (C=O) groups is 1. The Kier molecular flexibility index (Phi) is 3.53. The van der Waals surface area contributed by atoms with Crippen LogP contribution in [0.25, 0.3) is 0 Å². The number of hydrogen-bond donors (Lipinski definition) is 2. The molecule has 2 rings (SSSR count). The molecular weight excluding hydrogens is 250 g/mol. The average Bonchev–Trinajstić information content (AvgIpc) is 2.34. The molecule has 0 radical (unpaired) electrons. The van der Waals surface area contributed by atoms with Crippen molar-refractivity contribution < 1.29 is 9.90 Å². The molecule has 0 aliphatic carbocycles. The van der Waals surface area contributed by atoms with Crippen LogP contribution in [0.15, 0.2) is 42.5 Å². The topological polar surface area (TPSA) is 49.3 Å². The Morgan fingerprint density at radius 1 is 1.17 bits per heavy atom. The van der Waals surface area contributed by atoms with E-state index < -0.39 is 0 Å². The number of anilines is 1. The third-order valence-corrected chi connectivity index (χ3v) is 2.76. The van der Waals surface area contributed by atoms with Crippen molar-refractivity contribution in [3.8, 4) is 5.75 Å². The van der Waals surface area contributed by atoms with Crippen molar-refractivity contribution in [1.29, 1.82) is 0 Å². The molecule has 3 nitrogen and oxygen atoms in total. The zero-order valence-electron chi connectivity index (χ0n) is 9.77. The van der Waals surface area contributed by atoms with Gasteiger partial charge in [0.2, 0.25) is 0 Å². The minimum absolute atomic E-state index is 0.0444. The largest absolute Gasteiger partial charge is 0.506 e. The van der Waals surface area contributed by atoms with E-state index in [0.717, 1.165) is 5.56 Å². The van der Waals surface area contributed by atoms with Gasteiger partial charge in [0.25, 0.3) is 5.91 Å². The van der Waals surface area contributed by atoms with Gasteiger partial charge in [0, 0.05) is 10.6 Å². The molecule has 2 aromatic carbocycles. The Bertz CT molecular complexity index is 579. The minimum atomic E-state index is -0.285. The lowest BCUT2D eigenvalue weighted by atomic mass is 10.2. The molecule has 0 atom stereocenters. The van der Waals surface area contributed by atoms with Crippen molar-refractivity contribution in [1.82, 2.24) is 0 Å². The van der Waals surface area contributed by atoms with Crippen molar-refractivity contribution in [2.24, 2.45) is 0 Å². The number of halogens is 1. The van der Waals surface area contributed by atoms with Gasteiger partial charge in [0.1, 0.15) is 5.75 Å².